The predicted octanol–water partition coefficient (Wildman–Crippen LogP) is 2.71. The fourth-order valence-corrected chi connectivity index (χ4v) is 2.39. The summed E-state index contributed by atoms with van der Waals surface area (Å²) in [6, 6.07) is 6.33. The van der Waals surface area contributed by atoms with Gasteiger partial charge in [0.05, 0.1) is 10.2 Å². The second-order valence-electron chi connectivity index (χ2n) is 3.77. The summed E-state index contributed by atoms with van der Waals surface area (Å²) in [5, 5.41) is 7.52. The van der Waals surface area contributed by atoms with E-state index in [1.165, 1.54) is 12.1 Å². The molecule has 0 aliphatic heterocycles. The highest BCUT2D eigenvalue weighted by molar-refractivity contribution is 9.10. The average Bonchev–Trinajstić information content (AvgIpc) is 2.59. The molecule has 1 N–H and O–H groups in total. The quantitative estimate of drug-likeness (QED) is 0.944. The summed E-state index contributed by atoms with van der Waals surface area (Å²) < 4.78 is 15.6. The topological polar surface area (TPSA) is 29.9 Å². The van der Waals surface area contributed by atoms with E-state index in [-0.39, 0.29) is 5.82 Å². The smallest absolute Gasteiger partial charge is 0.123 e. The van der Waals surface area contributed by atoms with Gasteiger partial charge in [0.1, 0.15) is 11.5 Å². The largest absolute Gasteiger partial charge is 0.314 e. The van der Waals surface area contributed by atoms with E-state index in [4.69, 9.17) is 0 Å². The number of hydrogen-bond donors (Lipinski definition) is 1. The van der Waals surface area contributed by atoms with Gasteiger partial charge in [0.15, 0.2) is 0 Å². The van der Waals surface area contributed by atoms with Gasteiger partial charge in [-0.25, -0.2) is 4.39 Å². The summed E-state index contributed by atoms with van der Waals surface area (Å²) in [4.78, 5) is 0. The molecule has 1 heterocycles. The minimum Gasteiger partial charge on any atom is -0.314 e. The van der Waals surface area contributed by atoms with Gasteiger partial charge in [-0.3, -0.25) is 4.68 Å². The first-order valence-corrected chi connectivity index (χ1v) is 6.04. The van der Waals surface area contributed by atoms with E-state index < -0.39 is 0 Å². The maximum atomic E-state index is 12.9. The van der Waals surface area contributed by atoms with Gasteiger partial charge < -0.3 is 5.32 Å². The van der Waals surface area contributed by atoms with Gasteiger partial charge >= 0.3 is 0 Å². The number of hydrogen-bond acceptors (Lipinski definition) is 2. The van der Waals surface area contributed by atoms with E-state index >= 15 is 0 Å². The van der Waals surface area contributed by atoms with Crippen molar-refractivity contribution in [2.45, 2.75) is 6.54 Å². The van der Waals surface area contributed by atoms with Crippen LogP contribution in [0.2, 0.25) is 0 Å². The van der Waals surface area contributed by atoms with Crippen molar-refractivity contribution in [3.63, 3.8) is 0 Å². The molecule has 5 heteroatoms. The molecule has 0 aliphatic rings. The Balaban J connectivity index is 2.46. The Hall–Kier alpha value is -1.20. The van der Waals surface area contributed by atoms with Gasteiger partial charge in [0.25, 0.3) is 0 Å². The van der Waals surface area contributed by atoms with E-state index in [1.54, 1.807) is 12.1 Å². The number of aryl methyl sites for hydroxylation is 1. The molecule has 0 bridgehead atoms. The molecule has 2 rings (SSSR count). The zero-order valence-electron chi connectivity index (χ0n) is 9.67. The maximum Gasteiger partial charge on any atom is 0.123 e. The summed E-state index contributed by atoms with van der Waals surface area (Å²) in [5.41, 5.74) is 2.79. The maximum absolute atomic E-state index is 12.9. The number of nitrogens with one attached hydrogen (secondary N) is 1. The molecule has 0 atom stereocenters. The number of rotatable bonds is 3. The second kappa shape index (κ2) is 4.98. The lowest BCUT2D eigenvalue weighted by Gasteiger charge is -2.00. The van der Waals surface area contributed by atoms with Crippen molar-refractivity contribution in [1.29, 1.82) is 0 Å². The van der Waals surface area contributed by atoms with Gasteiger partial charge in [-0.05, 0) is 47.2 Å². The van der Waals surface area contributed by atoms with Crippen LogP contribution in [0.1, 0.15) is 5.69 Å². The molecular weight excluding hydrogens is 285 g/mol. The van der Waals surface area contributed by atoms with E-state index in [1.807, 2.05) is 18.8 Å². The lowest BCUT2D eigenvalue weighted by molar-refractivity contribution is 0.628. The van der Waals surface area contributed by atoms with E-state index in [0.29, 0.717) is 0 Å². The first-order chi connectivity index (χ1) is 8.13. The second-order valence-corrected chi connectivity index (χ2v) is 4.56. The van der Waals surface area contributed by atoms with Crippen LogP contribution in [0.4, 0.5) is 4.39 Å². The molecular formula is C12H13BrFN3. The van der Waals surface area contributed by atoms with Crippen LogP contribution in [0.15, 0.2) is 28.7 Å². The van der Waals surface area contributed by atoms with Gasteiger partial charge in [-0.15, -0.1) is 0 Å². The van der Waals surface area contributed by atoms with Crippen molar-refractivity contribution in [2.24, 2.45) is 7.05 Å². The third kappa shape index (κ3) is 2.40. The minimum absolute atomic E-state index is 0.240. The van der Waals surface area contributed by atoms with Gasteiger partial charge in [0, 0.05) is 19.2 Å². The zero-order valence-corrected chi connectivity index (χ0v) is 11.3. The van der Waals surface area contributed by atoms with Crippen LogP contribution in [0, 0.1) is 5.82 Å². The van der Waals surface area contributed by atoms with Crippen molar-refractivity contribution in [3.8, 4) is 11.3 Å². The molecule has 0 saturated heterocycles. The molecule has 0 spiro atoms. The molecule has 0 radical (unpaired) electrons. The molecule has 0 unspecified atom stereocenters. The van der Waals surface area contributed by atoms with Crippen LogP contribution < -0.4 is 5.32 Å². The lowest BCUT2D eigenvalue weighted by Crippen LogP contribution is -2.10. The average molecular weight is 298 g/mol. The molecule has 0 saturated carbocycles. The first kappa shape index (κ1) is 12.3. The third-order valence-corrected chi connectivity index (χ3v) is 3.40. The van der Waals surface area contributed by atoms with Crippen LogP contribution >= 0.6 is 15.9 Å². The molecule has 1 aromatic carbocycles. The summed E-state index contributed by atoms with van der Waals surface area (Å²) in [7, 11) is 3.78. The Labute approximate surface area is 108 Å². The highest BCUT2D eigenvalue weighted by atomic mass is 79.9. The molecule has 17 heavy (non-hydrogen) atoms. The van der Waals surface area contributed by atoms with E-state index in [2.05, 4.69) is 26.3 Å². The first-order valence-electron chi connectivity index (χ1n) is 5.25. The predicted molar refractivity (Wildman–Crippen MR) is 69.1 cm³/mol. The van der Waals surface area contributed by atoms with Crippen molar-refractivity contribution in [3.05, 3.63) is 40.2 Å². The van der Waals surface area contributed by atoms with Crippen molar-refractivity contribution < 1.29 is 4.39 Å². The zero-order chi connectivity index (χ0) is 12.4. The third-order valence-electron chi connectivity index (χ3n) is 2.56. The van der Waals surface area contributed by atoms with Crippen LogP contribution in [-0.2, 0) is 13.6 Å². The Morgan fingerprint density at radius 1 is 1.35 bits per heavy atom. The van der Waals surface area contributed by atoms with Crippen molar-refractivity contribution in [2.75, 3.05) is 7.05 Å². The number of benzene rings is 1. The Bertz CT molecular complexity index is 519. The van der Waals surface area contributed by atoms with Gasteiger partial charge in [0.2, 0.25) is 0 Å². The van der Waals surface area contributed by atoms with Gasteiger partial charge in [-0.2, -0.15) is 5.10 Å². The number of aromatic nitrogens is 2. The highest BCUT2D eigenvalue weighted by Crippen LogP contribution is 2.30. The Kier molecular flexibility index (Phi) is 3.59. The van der Waals surface area contributed by atoms with Gasteiger partial charge in [-0.1, -0.05) is 0 Å². The monoisotopic (exact) mass is 297 g/mol. The van der Waals surface area contributed by atoms with Crippen molar-refractivity contribution >= 4 is 15.9 Å². The summed E-state index contributed by atoms with van der Waals surface area (Å²) in [6.45, 7) is 0.727. The molecule has 0 fully saturated rings. The number of halogens is 2. The normalized spacial score (nSPS) is 10.8. The Morgan fingerprint density at radius 2 is 2.00 bits per heavy atom. The summed E-state index contributed by atoms with van der Waals surface area (Å²) >= 11 is 3.54. The minimum atomic E-state index is -0.240. The SMILES string of the molecule is CNCc1c(Br)c(-c2ccc(F)cc2)nn1C. The van der Waals surface area contributed by atoms with Crippen LogP contribution in [0.3, 0.4) is 0 Å². The molecule has 3 nitrogen and oxygen atoms in total. The fraction of sp³-hybridized carbons (Fsp3) is 0.250. The highest BCUT2D eigenvalue weighted by Gasteiger charge is 2.14. The van der Waals surface area contributed by atoms with Crippen LogP contribution in [0.5, 0.6) is 0 Å². The Morgan fingerprint density at radius 3 is 2.59 bits per heavy atom. The number of nitrogens with zero attached hydrogens (tertiary/aromatic N) is 2. The van der Waals surface area contributed by atoms with E-state index in [0.717, 1.165) is 28.0 Å². The summed E-state index contributed by atoms with van der Waals surface area (Å²) in [5.74, 6) is -0.240. The standard InChI is InChI=1S/C12H13BrFN3/c1-15-7-10-11(13)12(16-17(10)2)8-3-5-9(14)6-4-8/h3-6,15H,7H2,1-2H3. The molecule has 90 valence electrons. The van der Waals surface area contributed by atoms with Crippen LogP contribution in [0.25, 0.3) is 11.3 Å². The molecule has 1 aromatic heterocycles. The fourth-order valence-electron chi connectivity index (χ4n) is 1.68. The van der Waals surface area contributed by atoms with Crippen molar-refractivity contribution in [1.82, 2.24) is 15.1 Å². The molecule has 0 aliphatic carbocycles. The summed E-state index contributed by atoms with van der Waals surface area (Å²) in [6.07, 6.45) is 0. The van der Waals surface area contributed by atoms with Crippen LogP contribution in [-0.4, -0.2) is 16.8 Å². The molecule has 0 amide bonds. The van der Waals surface area contributed by atoms with E-state index in [9.17, 15) is 4.39 Å². The lowest BCUT2D eigenvalue weighted by atomic mass is 10.1. The molecule has 2 aromatic rings.